The lowest BCUT2D eigenvalue weighted by Crippen LogP contribution is -2.28. The van der Waals surface area contributed by atoms with Crippen LogP contribution in [0.5, 0.6) is 11.5 Å². The highest BCUT2D eigenvalue weighted by Crippen LogP contribution is 2.23. The molecule has 1 saturated heterocycles. The van der Waals surface area contributed by atoms with Gasteiger partial charge in [0.2, 0.25) is 5.91 Å². The summed E-state index contributed by atoms with van der Waals surface area (Å²) in [4.78, 5) is 13.9. The van der Waals surface area contributed by atoms with Gasteiger partial charge in [-0.2, -0.15) is 5.10 Å². The molecule has 27 heavy (non-hydrogen) atoms. The van der Waals surface area contributed by atoms with E-state index in [0.29, 0.717) is 24.1 Å². The van der Waals surface area contributed by atoms with Crippen LogP contribution in [0, 0.1) is 0 Å². The molecule has 0 aliphatic carbocycles. The van der Waals surface area contributed by atoms with Crippen LogP contribution >= 0.6 is 11.8 Å². The SMILES string of the molecule is CCOc1ccc(CN2C(=O)CS/C2=N\N=C/c2ccc(OC)cc2)cc1. The lowest BCUT2D eigenvalue weighted by Gasteiger charge is -2.15. The summed E-state index contributed by atoms with van der Waals surface area (Å²) in [5.74, 6) is 2.03. The van der Waals surface area contributed by atoms with Crippen molar-refractivity contribution in [2.45, 2.75) is 13.5 Å². The van der Waals surface area contributed by atoms with E-state index in [2.05, 4.69) is 10.2 Å². The summed E-state index contributed by atoms with van der Waals surface area (Å²) >= 11 is 1.40. The standard InChI is InChI=1S/C20H21N3O3S/c1-3-26-18-10-6-16(7-11-18)13-23-19(24)14-27-20(23)22-21-12-15-4-8-17(25-2)9-5-15/h4-12H,3,13-14H2,1-2H3/b21-12-,22-20-. The first-order chi connectivity index (χ1) is 13.2. The summed E-state index contributed by atoms with van der Waals surface area (Å²) in [6.45, 7) is 3.04. The van der Waals surface area contributed by atoms with Crippen LogP contribution in [-0.4, -0.2) is 41.7 Å². The van der Waals surface area contributed by atoms with Crippen LogP contribution in [0.3, 0.4) is 0 Å². The summed E-state index contributed by atoms with van der Waals surface area (Å²) in [6.07, 6.45) is 1.66. The molecular weight excluding hydrogens is 362 g/mol. The van der Waals surface area contributed by atoms with Gasteiger partial charge in [-0.1, -0.05) is 23.9 Å². The van der Waals surface area contributed by atoms with Crippen molar-refractivity contribution in [3.05, 3.63) is 59.7 Å². The molecule has 0 spiro atoms. The minimum atomic E-state index is 0.0345. The normalized spacial score (nSPS) is 15.7. The summed E-state index contributed by atoms with van der Waals surface area (Å²) in [5.41, 5.74) is 1.92. The van der Waals surface area contributed by atoms with Gasteiger partial charge >= 0.3 is 0 Å². The van der Waals surface area contributed by atoms with Crippen molar-refractivity contribution in [3.63, 3.8) is 0 Å². The number of ether oxygens (including phenoxy) is 2. The van der Waals surface area contributed by atoms with Gasteiger partial charge in [0.25, 0.3) is 0 Å². The van der Waals surface area contributed by atoms with Crippen molar-refractivity contribution in [2.75, 3.05) is 19.5 Å². The molecule has 2 aromatic carbocycles. The van der Waals surface area contributed by atoms with E-state index in [4.69, 9.17) is 9.47 Å². The molecule has 3 rings (SSSR count). The zero-order chi connectivity index (χ0) is 19.1. The van der Waals surface area contributed by atoms with Gasteiger partial charge in [0.05, 0.1) is 32.2 Å². The van der Waals surface area contributed by atoms with Crippen molar-refractivity contribution < 1.29 is 14.3 Å². The maximum absolute atomic E-state index is 12.2. The molecule has 0 bridgehead atoms. The summed E-state index contributed by atoms with van der Waals surface area (Å²) < 4.78 is 10.6. The van der Waals surface area contributed by atoms with Gasteiger partial charge in [-0.15, -0.1) is 5.10 Å². The molecule has 2 aromatic rings. The van der Waals surface area contributed by atoms with Gasteiger partial charge in [0.1, 0.15) is 11.5 Å². The molecule has 0 aromatic heterocycles. The van der Waals surface area contributed by atoms with Gasteiger partial charge in [-0.25, -0.2) is 0 Å². The molecule has 0 atom stereocenters. The topological polar surface area (TPSA) is 63.5 Å². The molecule has 6 nitrogen and oxygen atoms in total. The maximum Gasteiger partial charge on any atom is 0.239 e. The summed E-state index contributed by atoms with van der Waals surface area (Å²) in [5, 5.41) is 8.98. The minimum absolute atomic E-state index is 0.0345. The monoisotopic (exact) mass is 383 g/mol. The molecule has 0 radical (unpaired) electrons. The van der Waals surface area contributed by atoms with Crippen LogP contribution in [-0.2, 0) is 11.3 Å². The molecule has 140 valence electrons. The van der Waals surface area contributed by atoms with Gasteiger partial charge in [-0.05, 0) is 54.4 Å². The first kappa shape index (κ1) is 19.0. The molecule has 0 unspecified atom stereocenters. The number of nitrogens with zero attached hydrogens (tertiary/aromatic N) is 3. The largest absolute Gasteiger partial charge is 0.497 e. The number of carbonyl (C=O) groups excluding carboxylic acids is 1. The number of hydrogen-bond donors (Lipinski definition) is 0. The van der Waals surface area contributed by atoms with Crippen molar-refractivity contribution >= 4 is 29.1 Å². The molecule has 1 aliphatic heterocycles. The van der Waals surface area contributed by atoms with E-state index in [1.54, 1.807) is 18.2 Å². The number of benzene rings is 2. The number of thioether (sulfide) groups is 1. The number of amidine groups is 1. The predicted octanol–water partition coefficient (Wildman–Crippen LogP) is 3.56. The first-order valence-electron chi connectivity index (χ1n) is 8.59. The van der Waals surface area contributed by atoms with E-state index in [-0.39, 0.29) is 5.91 Å². The Morgan fingerprint density at radius 1 is 1.11 bits per heavy atom. The second kappa shape index (κ2) is 9.23. The summed E-state index contributed by atoms with van der Waals surface area (Å²) in [6, 6.07) is 15.2. The molecule has 0 saturated carbocycles. The number of amides is 1. The van der Waals surface area contributed by atoms with E-state index < -0.39 is 0 Å². The lowest BCUT2D eigenvalue weighted by molar-refractivity contribution is -0.124. The zero-order valence-electron chi connectivity index (χ0n) is 15.3. The van der Waals surface area contributed by atoms with E-state index in [0.717, 1.165) is 22.6 Å². The van der Waals surface area contributed by atoms with Crippen LogP contribution in [0.25, 0.3) is 0 Å². The third-order valence-electron chi connectivity index (χ3n) is 3.90. The lowest BCUT2D eigenvalue weighted by atomic mass is 10.2. The van der Waals surface area contributed by atoms with Crippen molar-refractivity contribution in [3.8, 4) is 11.5 Å². The smallest absolute Gasteiger partial charge is 0.239 e. The van der Waals surface area contributed by atoms with Crippen molar-refractivity contribution in [2.24, 2.45) is 10.2 Å². The Hall–Kier alpha value is -2.80. The molecule has 0 N–H and O–H groups in total. The molecule has 1 amide bonds. The Morgan fingerprint density at radius 2 is 1.81 bits per heavy atom. The first-order valence-corrected chi connectivity index (χ1v) is 9.58. The highest BCUT2D eigenvalue weighted by Gasteiger charge is 2.28. The van der Waals surface area contributed by atoms with E-state index in [1.807, 2.05) is 55.5 Å². The van der Waals surface area contributed by atoms with E-state index >= 15 is 0 Å². The predicted molar refractivity (Wildman–Crippen MR) is 109 cm³/mol. The Morgan fingerprint density at radius 3 is 2.48 bits per heavy atom. The van der Waals surface area contributed by atoms with Gasteiger partial charge in [0.15, 0.2) is 5.17 Å². The van der Waals surface area contributed by atoms with Gasteiger partial charge < -0.3 is 9.47 Å². The highest BCUT2D eigenvalue weighted by atomic mass is 32.2. The Kier molecular flexibility index (Phi) is 6.49. The molecule has 1 fully saturated rings. The average Bonchev–Trinajstić information content (AvgIpc) is 3.04. The fourth-order valence-electron chi connectivity index (χ4n) is 2.50. The quantitative estimate of drug-likeness (QED) is 0.542. The van der Waals surface area contributed by atoms with Crippen LogP contribution in [0.15, 0.2) is 58.7 Å². The van der Waals surface area contributed by atoms with Gasteiger partial charge in [-0.3, -0.25) is 9.69 Å². The van der Waals surface area contributed by atoms with Gasteiger partial charge in [0, 0.05) is 0 Å². The van der Waals surface area contributed by atoms with E-state index in [9.17, 15) is 4.79 Å². The van der Waals surface area contributed by atoms with Crippen LogP contribution in [0.4, 0.5) is 0 Å². The highest BCUT2D eigenvalue weighted by molar-refractivity contribution is 8.15. The zero-order valence-corrected chi connectivity index (χ0v) is 16.1. The second-order valence-electron chi connectivity index (χ2n) is 5.75. The molecular formula is C20H21N3O3S. The molecule has 1 heterocycles. The molecule has 1 aliphatic rings. The Labute approximate surface area is 162 Å². The second-order valence-corrected chi connectivity index (χ2v) is 6.69. The minimum Gasteiger partial charge on any atom is -0.497 e. The van der Waals surface area contributed by atoms with E-state index in [1.165, 1.54) is 11.8 Å². The third kappa shape index (κ3) is 5.10. The Bertz CT molecular complexity index is 833. The third-order valence-corrected chi connectivity index (χ3v) is 4.85. The fourth-order valence-corrected chi connectivity index (χ4v) is 3.34. The number of methoxy groups -OCH3 is 1. The maximum atomic E-state index is 12.2. The number of rotatable bonds is 7. The van der Waals surface area contributed by atoms with Crippen molar-refractivity contribution in [1.82, 2.24) is 4.90 Å². The molecule has 7 heteroatoms. The fraction of sp³-hybridized carbons (Fsp3) is 0.250. The van der Waals surface area contributed by atoms with Crippen molar-refractivity contribution in [1.29, 1.82) is 0 Å². The number of carbonyl (C=O) groups is 1. The Balaban J connectivity index is 1.67. The summed E-state index contributed by atoms with van der Waals surface area (Å²) in [7, 11) is 1.63. The van der Waals surface area contributed by atoms with Crippen LogP contribution < -0.4 is 9.47 Å². The number of hydrogen-bond acceptors (Lipinski definition) is 6. The van der Waals surface area contributed by atoms with Crippen LogP contribution in [0.1, 0.15) is 18.1 Å². The van der Waals surface area contributed by atoms with Crippen LogP contribution in [0.2, 0.25) is 0 Å². The average molecular weight is 383 g/mol.